The summed E-state index contributed by atoms with van der Waals surface area (Å²) in [5.74, 6) is -0.115. The summed E-state index contributed by atoms with van der Waals surface area (Å²) < 4.78 is 34.0. The van der Waals surface area contributed by atoms with Gasteiger partial charge in [0.25, 0.3) is 10.0 Å². The van der Waals surface area contributed by atoms with Crippen LogP contribution in [0.3, 0.4) is 0 Å². The second-order valence-corrected chi connectivity index (χ2v) is 12.0. The maximum absolute atomic E-state index is 14.0. The minimum atomic E-state index is -4.16. The number of carbonyl (C=O) groups is 2. The number of para-hydroxylation sites is 1. The van der Waals surface area contributed by atoms with Crippen LogP contribution in [-0.2, 0) is 26.2 Å². The largest absolute Gasteiger partial charge is 0.497 e. The van der Waals surface area contributed by atoms with Gasteiger partial charge in [0.15, 0.2) is 0 Å². The van der Waals surface area contributed by atoms with Gasteiger partial charge in [-0.05, 0) is 60.4 Å². The van der Waals surface area contributed by atoms with Crippen molar-refractivity contribution in [2.45, 2.75) is 44.7 Å². The van der Waals surface area contributed by atoms with Gasteiger partial charge in [-0.2, -0.15) is 0 Å². The van der Waals surface area contributed by atoms with E-state index in [2.05, 4.69) is 5.32 Å². The Bertz CT molecular complexity index is 1380. The van der Waals surface area contributed by atoms with Crippen molar-refractivity contribution >= 4 is 39.1 Å². The van der Waals surface area contributed by atoms with Crippen LogP contribution >= 0.6 is 11.6 Å². The zero-order valence-electron chi connectivity index (χ0n) is 23.2. The SMILES string of the molecule is CC[C@H](C(=O)NCC(C)C)N(Cc1ccccc1Cl)C(=O)CN(c1ccccc1)S(=O)(=O)c1ccc(OC)cc1. The van der Waals surface area contributed by atoms with Crippen LogP contribution < -0.4 is 14.4 Å². The number of halogens is 1. The van der Waals surface area contributed by atoms with E-state index in [4.69, 9.17) is 16.3 Å². The van der Waals surface area contributed by atoms with Crippen LogP contribution in [0.25, 0.3) is 0 Å². The lowest BCUT2D eigenvalue weighted by Gasteiger charge is -2.33. The summed E-state index contributed by atoms with van der Waals surface area (Å²) in [6.45, 7) is 5.75. The van der Waals surface area contributed by atoms with E-state index in [-0.39, 0.29) is 23.3 Å². The van der Waals surface area contributed by atoms with Gasteiger partial charge in [0.05, 0.1) is 17.7 Å². The topological polar surface area (TPSA) is 96.0 Å². The molecule has 214 valence electrons. The third kappa shape index (κ3) is 7.76. The number of benzene rings is 3. The van der Waals surface area contributed by atoms with Crippen molar-refractivity contribution < 1.29 is 22.7 Å². The minimum Gasteiger partial charge on any atom is -0.497 e. The van der Waals surface area contributed by atoms with E-state index in [9.17, 15) is 18.0 Å². The third-order valence-electron chi connectivity index (χ3n) is 6.34. The smallest absolute Gasteiger partial charge is 0.264 e. The average Bonchev–Trinajstić information content (AvgIpc) is 2.95. The predicted octanol–water partition coefficient (Wildman–Crippen LogP) is 5.12. The first kappa shape index (κ1) is 31.0. The molecule has 0 aliphatic heterocycles. The number of anilines is 1. The summed E-state index contributed by atoms with van der Waals surface area (Å²) in [6, 6.07) is 20.6. The molecule has 40 heavy (non-hydrogen) atoms. The van der Waals surface area contributed by atoms with E-state index in [0.717, 1.165) is 4.31 Å². The molecular formula is C30H36ClN3O5S. The third-order valence-corrected chi connectivity index (χ3v) is 8.50. The highest BCUT2D eigenvalue weighted by Crippen LogP contribution is 2.26. The second kappa shape index (κ2) is 14.2. The van der Waals surface area contributed by atoms with Gasteiger partial charge in [-0.25, -0.2) is 8.42 Å². The van der Waals surface area contributed by atoms with Gasteiger partial charge in [-0.15, -0.1) is 0 Å². The first-order chi connectivity index (χ1) is 19.1. The number of hydrogen-bond acceptors (Lipinski definition) is 5. The number of nitrogens with zero attached hydrogens (tertiary/aromatic N) is 2. The molecule has 0 fully saturated rings. The van der Waals surface area contributed by atoms with E-state index < -0.39 is 28.5 Å². The summed E-state index contributed by atoms with van der Waals surface area (Å²) in [5, 5.41) is 3.36. The van der Waals surface area contributed by atoms with Gasteiger partial charge in [0, 0.05) is 18.1 Å². The van der Waals surface area contributed by atoms with Crippen molar-refractivity contribution in [3.8, 4) is 5.75 Å². The molecule has 3 aromatic rings. The van der Waals surface area contributed by atoms with Gasteiger partial charge in [0.2, 0.25) is 11.8 Å². The van der Waals surface area contributed by atoms with Crippen molar-refractivity contribution in [3.63, 3.8) is 0 Å². The fourth-order valence-electron chi connectivity index (χ4n) is 4.15. The van der Waals surface area contributed by atoms with Crippen molar-refractivity contribution in [1.29, 1.82) is 0 Å². The Morgan fingerprint density at radius 1 is 0.950 bits per heavy atom. The molecule has 0 bridgehead atoms. The average molecular weight is 586 g/mol. The zero-order valence-corrected chi connectivity index (χ0v) is 24.8. The quantitative estimate of drug-likeness (QED) is 0.300. The molecule has 0 aliphatic rings. The van der Waals surface area contributed by atoms with Gasteiger partial charge in [-0.3, -0.25) is 13.9 Å². The van der Waals surface area contributed by atoms with E-state index in [1.54, 1.807) is 66.7 Å². The Balaban J connectivity index is 2.03. The lowest BCUT2D eigenvalue weighted by atomic mass is 10.1. The van der Waals surface area contributed by atoms with Crippen LogP contribution in [0.4, 0.5) is 5.69 Å². The Kier molecular flexibility index (Phi) is 11.0. The van der Waals surface area contributed by atoms with Crippen LogP contribution in [0.15, 0.2) is 83.8 Å². The van der Waals surface area contributed by atoms with Crippen LogP contribution in [0.2, 0.25) is 5.02 Å². The van der Waals surface area contributed by atoms with Crippen molar-refractivity contribution in [2.24, 2.45) is 5.92 Å². The van der Waals surface area contributed by atoms with E-state index >= 15 is 0 Å². The molecule has 8 nitrogen and oxygen atoms in total. The fourth-order valence-corrected chi connectivity index (χ4v) is 5.76. The first-order valence-electron chi connectivity index (χ1n) is 13.1. The number of rotatable bonds is 13. The molecule has 0 heterocycles. The molecule has 0 aliphatic carbocycles. The minimum absolute atomic E-state index is 0.00400. The Morgan fingerprint density at radius 3 is 2.15 bits per heavy atom. The molecule has 10 heteroatoms. The molecule has 0 unspecified atom stereocenters. The lowest BCUT2D eigenvalue weighted by Crippen LogP contribution is -2.52. The number of hydrogen-bond donors (Lipinski definition) is 1. The second-order valence-electron chi connectivity index (χ2n) is 9.70. The summed E-state index contributed by atoms with van der Waals surface area (Å²) >= 11 is 6.43. The van der Waals surface area contributed by atoms with Crippen molar-refractivity contribution in [3.05, 3.63) is 89.4 Å². The normalized spacial score (nSPS) is 12.1. The van der Waals surface area contributed by atoms with Gasteiger partial charge < -0.3 is 15.0 Å². The standard InChI is InChI=1S/C30H36ClN3O5S/c1-5-28(30(36)32-19-22(2)3)33(20-23-11-9-10-14-27(23)31)29(35)21-34(24-12-7-6-8-13-24)40(37,38)26-17-15-25(39-4)16-18-26/h6-18,22,28H,5,19-21H2,1-4H3,(H,32,36)/t28-/m1/s1. The summed E-state index contributed by atoms with van der Waals surface area (Å²) in [5.41, 5.74) is 0.971. The van der Waals surface area contributed by atoms with Crippen molar-refractivity contribution in [1.82, 2.24) is 10.2 Å². The van der Waals surface area contributed by atoms with Crippen LogP contribution in [0.5, 0.6) is 5.75 Å². The summed E-state index contributed by atoms with van der Waals surface area (Å²) in [6.07, 6.45) is 0.330. The Labute approximate surface area is 241 Å². The van der Waals surface area contributed by atoms with Crippen molar-refractivity contribution in [2.75, 3.05) is 24.5 Å². The zero-order chi connectivity index (χ0) is 29.3. The van der Waals surface area contributed by atoms with Gasteiger partial charge >= 0.3 is 0 Å². The molecule has 2 amide bonds. The van der Waals surface area contributed by atoms with Gasteiger partial charge in [0.1, 0.15) is 18.3 Å². The molecule has 0 saturated heterocycles. The van der Waals surface area contributed by atoms with E-state index in [0.29, 0.717) is 35.0 Å². The molecule has 3 rings (SSSR count). The predicted molar refractivity (Wildman–Crippen MR) is 158 cm³/mol. The highest BCUT2D eigenvalue weighted by atomic mass is 35.5. The van der Waals surface area contributed by atoms with Crippen LogP contribution in [0, 0.1) is 5.92 Å². The number of nitrogens with one attached hydrogen (secondary N) is 1. The molecule has 0 spiro atoms. The molecule has 1 atom stereocenters. The molecule has 1 N–H and O–H groups in total. The molecule has 0 radical (unpaired) electrons. The maximum Gasteiger partial charge on any atom is 0.264 e. The summed E-state index contributed by atoms with van der Waals surface area (Å²) in [7, 11) is -2.67. The first-order valence-corrected chi connectivity index (χ1v) is 14.9. The molecule has 3 aromatic carbocycles. The molecular weight excluding hydrogens is 550 g/mol. The van der Waals surface area contributed by atoms with Crippen LogP contribution in [-0.4, -0.2) is 51.4 Å². The highest BCUT2D eigenvalue weighted by molar-refractivity contribution is 7.92. The Morgan fingerprint density at radius 2 is 1.57 bits per heavy atom. The Hall–Kier alpha value is -3.56. The fraction of sp³-hybridized carbons (Fsp3) is 0.333. The van der Waals surface area contributed by atoms with Crippen LogP contribution in [0.1, 0.15) is 32.8 Å². The maximum atomic E-state index is 14.0. The number of ether oxygens (including phenoxy) is 1. The summed E-state index contributed by atoms with van der Waals surface area (Å²) in [4.78, 5) is 28.7. The van der Waals surface area contributed by atoms with Gasteiger partial charge in [-0.1, -0.05) is 68.8 Å². The lowest BCUT2D eigenvalue weighted by molar-refractivity contribution is -0.140. The number of methoxy groups -OCH3 is 1. The monoisotopic (exact) mass is 585 g/mol. The highest BCUT2D eigenvalue weighted by Gasteiger charge is 2.34. The van der Waals surface area contributed by atoms with E-state index in [1.165, 1.54) is 24.1 Å². The molecule has 0 aromatic heterocycles. The number of carbonyl (C=O) groups excluding carboxylic acids is 2. The number of amides is 2. The molecule has 0 saturated carbocycles. The van der Waals surface area contributed by atoms with E-state index in [1.807, 2.05) is 20.8 Å². The number of sulfonamides is 1.